The standard InChI is InChI=1S/C11H18N4OS/c12-9(16)5-3-1-2-4-8-10-7(6-17-8)14-11(13)15-10/h2,4,7-8,10H,1,3,5-6H2,(H2,12,16)(H3,13,14,15)/b4-2+/t7-,8?,10-/m0/s1. The molecule has 3 atom stereocenters. The molecule has 2 fully saturated rings. The first-order valence-corrected chi connectivity index (χ1v) is 6.90. The fourth-order valence-electron chi connectivity index (χ4n) is 2.16. The molecular weight excluding hydrogens is 236 g/mol. The summed E-state index contributed by atoms with van der Waals surface area (Å²) in [5, 5.41) is 14.2. The van der Waals surface area contributed by atoms with Crippen molar-refractivity contribution >= 4 is 23.6 Å². The average Bonchev–Trinajstić information content (AvgIpc) is 2.77. The summed E-state index contributed by atoms with van der Waals surface area (Å²) in [4.78, 5) is 10.6. The quantitative estimate of drug-likeness (QED) is 0.416. The number of amides is 1. The lowest BCUT2D eigenvalue weighted by molar-refractivity contribution is -0.118. The Kier molecular flexibility index (Phi) is 3.93. The van der Waals surface area contributed by atoms with Gasteiger partial charge < -0.3 is 16.4 Å². The van der Waals surface area contributed by atoms with E-state index >= 15 is 0 Å². The highest BCUT2D eigenvalue weighted by molar-refractivity contribution is 8.00. The van der Waals surface area contributed by atoms with Gasteiger partial charge in [0.05, 0.1) is 12.1 Å². The zero-order valence-electron chi connectivity index (χ0n) is 9.61. The van der Waals surface area contributed by atoms with Gasteiger partial charge in [-0.3, -0.25) is 10.2 Å². The second-order valence-electron chi connectivity index (χ2n) is 4.38. The summed E-state index contributed by atoms with van der Waals surface area (Å²) in [6.45, 7) is 0. The van der Waals surface area contributed by atoms with E-state index in [1.54, 1.807) is 0 Å². The van der Waals surface area contributed by atoms with E-state index in [0.717, 1.165) is 18.6 Å². The number of hydrogen-bond acceptors (Lipinski definition) is 3. The third kappa shape index (κ3) is 3.15. The largest absolute Gasteiger partial charge is 0.370 e. The smallest absolute Gasteiger partial charge is 0.217 e. The van der Waals surface area contributed by atoms with Crippen molar-refractivity contribution in [2.45, 2.75) is 36.6 Å². The van der Waals surface area contributed by atoms with Gasteiger partial charge in [-0.05, 0) is 12.8 Å². The summed E-state index contributed by atoms with van der Waals surface area (Å²) in [6, 6.07) is 0.715. The van der Waals surface area contributed by atoms with Crippen molar-refractivity contribution in [2.24, 2.45) is 5.73 Å². The number of allylic oxidation sites excluding steroid dienone is 1. The molecule has 5 nitrogen and oxygen atoms in total. The molecule has 0 spiro atoms. The Bertz CT molecular complexity index is 344. The van der Waals surface area contributed by atoms with Crippen LogP contribution in [0.1, 0.15) is 19.3 Å². The van der Waals surface area contributed by atoms with Crippen molar-refractivity contribution in [1.29, 1.82) is 5.41 Å². The van der Waals surface area contributed by atoms with Gasteiger partial charge in [0, 0.05) is 17.4 Å². The summed E-state index contributed by atoms with van der Waals surface area (Å²) in [7, 11) is 0. The van der Waals surface area contributed by atoms with E-state index in [1.165, 1.54) is 0 Å². The van der Waals surface area contributed by atoms with Crippen LogP contribution in [0.3, 0.4) is 0 Å². The van der Waals surface area contributed by atoms with Gasteiger partial charge in [-0.15, -0.1) is 11.8 Å². The van der Waals surface area contributed by atoms with E-state index in [0.29, 0.717) is 29.7 Å². The lowest BCUT2D eigenvalue weighted by Crippen LogP contribution is -2.35. The maximum Gasteiger partial charge on any atom is 0.217 e. The van der Waals surface area contributed by atoms with E-state index < -0.39 is 0 Å². The number of nitrogens with one attached hydrogen (secondary N) is 3. The van der Waals surface area contributed by atoms with E-state index in [9.17, 15) is 4.79 Å². The summed E-state index contributed by atoms with van der Waals surface area (Å²) < 4.78 is 0. The van der Waals surface area contributed by atoms with Gasteiger partial charge >= 0.3 is 0 Å². The molecule has 5 N–H and O–H groups in total. The van der Waals surface area contributed by atoms with Crippen molar-refractivity contribution in [3.63, 3.8) is 0 Å². The van der Waals surface area contributed by atoms with Crippen molar-refractivity contribution in [3.8, 4) is 0 Å². The molecule has 6 heteroatoms. The zero-order chi connectivity index (χ0) is 12.3. The monoisotopic (exact) mass is 254 g/mol. The molecule has 1 amide bonds. The summed E-state index contributed by atoms with van der Waals surface area (Å²) in [5.74, 6) is 1.24. The van der Waals surface area contributed by atoms with Crippen LogP contribution in [0, 0.1) is 5.41 Å². The minimum absolute atomic E-state index is 0.233. The highest BCUT2D eigenvalue weighted by Gasteiger charge is 2.40. The topological polar surface area (TPSA) is 91.0 Å². The second kappa shape index (κ2) is 5.44. The minimum atomic E-state index is -0.233. The number of carbonyl (C=O) groups is 1. The normalized spacial score (nSPS) is 31.3. The molecule has 0 aromatic rings. The van der Waals surface area contributed by atoms with Crippen LogP contribution in [0.5, 0.6) is 0 Å². The average molecular weight is 254 g/mol. The third-order valence-corrected chi connectivity index (χ3v) is 4.40. The molecule has 2 aliphatic heterocycles. The fourth-order valence-corrected chi connectivity index (χ4v) is 3.57. The van der Waals surface area contributed by atoms with Gasteiger partial charge in [0.15, 0.2) is 5.96 Å². The van der Waals surface area contributed by atoms with E-state index in [4.69, 9.17) is 11.1 Å². The molecule has 0 radical (unpaired) electrons. The molecule has 0 aromatic heterocycles. The molecule has 2 heterocycles. The fraction of sp³-hybridized carbons (Fsp3) is 0.636. The van der Waals surface area contributed by atoms with Crippen molar-refractivity contribution in [1.82, 2.24) is 10.6 Å². The lowest BCUT2D eigenvalue weighted by Gasteiger charge is -2.12. The van der Waals surface area contributed by atoms with Crippen LogP contribution in [0.15, 0.2) is 12.2 Å². The Morgan fingerprint density at radius 1 is 1.59 bits per heavy atom. The van der Waals surface area contributed by atoms with E-state index in [1.807, 2.05) is 11.8 Å². The Labute approximate surface area is 105 Å². The van der Waals surface area contributed by atoms with Gasteiger partial charge in [-0.2, -0.15) is 0 Å². The molecule has 0 saturated carbocycles. The zero-order valence-corrected chi connectivity index (χ0v) is 10.4. The molecule has 17 heavy (non-hydrogen) atoms. The second-order valence-corrected chi connectivity index (χ2v) is 5.59. The number of carbonyl (C=O) groups excluding carboxylic acids is 1. The van der Waals surface area contributed by atoms with Crippen LogP contribution in [-0.2, 0) is 4.79 Å². The van der Waals surface area contributed by atoms with Crippen LogP contribution in [0.25, 0.3) is 0 Å². The number of guanidine groups is 1. The Morgan fingerprint density at radius 3 is 3.18 bits per heavy atom. The minimum Gasteiger partial charge on any atom is -0.370 e. The highest BCUT2D eigenvalue weighted by Crippen LogP contribution is 2.30. The molecule has 2 rings (SSSR count). The van der Waals surface area contributed by atoms with Crippen LogP contribution >= 0.6 is 11.8 Å². The number of fused-ring (bicyclic) bond motifs is 1. The molecule has 0 aliphatic carbocycles. The van der Waals surface area contributed by atoms with Crippen LogP contribution in [0.4, 0.5) is 0 Å². The molecule has 1 unspecified atom stereocenters. The van der Waals surface area contributed by atoms with Gasteiger partial charge in [-0.1, -0.05) is 12.2 Å². The molecule has 2 saturated heterocycles. The Hall–Kier alpha value is -1.17. The Balaban J connectivity index is 1.74. The van der Waals surface area contributed by atoms with Crippen LogP contribution in [-0.4, -0.2) is 35.0 Å². The van der Waals surface area contributed by atoms with Crippen molar-refractivity contribution in [2.75, 3.05) is 5.75 Å². The maximum absolute atomic E-state index is 10.6. The molecule has 2 aliphatic rings. The molecule has 94 valence electrons. The lowest BCUT2D eigenvalue weighted by atomic mass is 10.1. The van der Waals surface area contributed by atoms with E-state index in [-0.39, 0.29) is 5.91 Å². The summed E-state index contributed by atoms with van der Waals surface area (Å²) in [6.07, 6.45) is 6.47. The maximum atomic E-state index is 10.6. The Morgan fingerprint density at radius 2 is 2.41 bits per heavy atom. The number of nitrogens with two attached hydrogens (primary N) is 1. The summed E-state index contributed by atoms with van der Waals surface area (Å²) in [5.41, 5.74) is 5.07. The molecular formula is C11H18N4OS. The van der Waals surface area contributed by atoms with Gasteiger partial charge in [0.1, 0.15) is 0 Å². The first-order valence-electron chi connectivity index (χ1n) is 5.85. The predicted molar refractivity (Wildman–Crippen MR) is 70.0 cm³/mol. The summed E-state index contributed by atoms with van der Waals surface area (Å²) >= 11 is 1.90. The van der Waals surface area contributed by atoms with E-state index in [2.05, 4.69) is 22.8 Å². The number of hydrogen-bond donors (Lipinski definition) is 4. The SMILES string of the molecule is N=C1N[C@H]2CSC(/C=C/CCCC(N)=O)[C@H]2N1. The van der Waals surface area contributed by atoms with Gasteiger partial charge in [0.25, 0.3) is 0 Å². The van der Waals surface area contributed by atoms with Crippen LogP contribution in [0.2, 0.25) is 0 Å². The number of thioether (sulfide) groups is 1. The highest BCUT2D eigenvalue weighted by atomic mass is 32.2. The van der Waals surface area contributed by atoms with Gasteiger partial charge in [0.2, 0.25) is 5.91 Å². The third-order valence-electron chi connectivity index (χ3n) is 3.02. The molecule has 0 aromatic carbocycles. The first kappa shape index (κ1) is 12.3. The van der Waals surface area contributed by atoms with Crippen LogP contribution < -0.4 is 16.4 Å². The number of unbranched alkanes of at least 4 members (excludes halogenated alkanes) is 1. The number of primary amides is 1. The first-order chi connectivity index (χ1) is 8.16. The predicted octanol–water partition coefficient (Wildman–Crippen LogP) is 0.178. The van der Waals surface area contributed by atoms with Gasteiger partial charge in [-0.25, -0.2) is 0 Å². The van der Waals surface area contributed by atoms with Crippen molar-refractivity contribution in [3.05, 3.63) is 12.2 Å². The molecule has 0 bridgehead atoms. The van der Waals surface area contributed by atoms with Crippen molar-refractivity contribution < 1.29 is 4.79 Å². The number of rotatable bonds is 5.